The number of quaternary nitrogens is 1. The number of nitrogens with zero attached hydrogens (tertiary/aromatic N) is 1. The minimum Gasteiger partial charge on any atom is -0.462 e. The fourth-order valence-electron chi connectivity index (χ4n) is 6.99. The Morgan fingerprint density at radius 3 is 1.98 bits per heavy atom. The van der Waals surface area contributed by atoms with E-state index in [9.17, 15) is 34.4 Å². The number of unbranched alkanes of at least 4 members (excludes halogenated alkanes) is 14. The number of phosphoric acid groups is 1. The first kappa shape index (κ1) is 53.4. The highest BCUT2D eigenvalue weighted by atomic mass is 31.2. The molecule has 334 valence electrons. The molecule has 0 radical (unpaired) electrons. The van der Waals surface area contributed by atoms with E-state index in [0.717, 1.165) is 83.5 Å². The van der Waals surface area contributed by atoms with Crippen LogP contribution in [-0.4, -0.2) is 109 Å². The van der Waals surface area contributed by atoms with Gasteiger partial charge in [-0.25, -0.2) is 4.57 Å². The second-order valence-corrected chi connectivity index (χ2v) is 18.5. The molecule has 1 saturated carbocycles. The summed E-state index contributed by atoms with van der Waals surface area (Å²) in [6, 6.07) is 0. The summed E-state index contributed by atoms with van der Waals surface area (Å²) in [5.41, 5.74) is 0. The number of likely N-dealkylation sites (N-methyl/N-ethyl adjacent to an activating group) is 1. The van der Waals surface area contributed by atoms with Gasteiger partial charge in [-0.3, -0.25) is 18.6 Å². The maximum Gasteiger partial charge on any atom is 0.472 e. The monoisotopic (exact) mass is 833 g/mol. The predicted molar refractivity (Wildman–Crippen MR) is 226 cm³/mol. The van der Waals surface area contributed by atoms with E-state index in [1.165, 1.54) is 25.7 Å². The minimum atomic E-state index is -4.43. The van der Waals surface area contributed by atoms with Crippen molar-refractivity contribution < 1.29 is 57.4 Å². The molecular weight excluding hydrogens is 749 g/mol. The van der Waals surface area contributed by atoms with Gasteiger partial charge in [0.05, 0.1) is 46.1 Å². The number of ether oxygens (including phenoxy) is 2. The molecule has 1 fully saturated rings. The Kier molecular flexibility index (Phi) is 30.1. The van der Waals surface area contributed by atoms with Crippen LogP contribution in [0.2, 0.25) is 0 Å². The predicted octanol–water partition coefficient (Wildman–Crippen LogP) is 8.73. The highest BCUT2D eigenvalue weighted by Crippen LogP contribution is 2.43. The van der Waals surface area contributed by atoms with Crippen LogP contribution in [0.5, 0.6) is 0 Å². The zero-order valence-electron chi connectivity index (χ0n) is 36.4. The van der Waals surface area contributed by atoms with Crippen LogP contribution in [-0.2, 0) is 32.7 Å². The number of carbonyl (C=O) groups is 2. The van der Waals surface area contributed by atoms with Crippen LogP contribution >= 0.6 is 7.82 Å². The Hall–Kier alpha value is -1.63. The van der Waals surface area contributed by atoms with Crippen LogP contribution in [0, 0.1) is 11.8 Å². The van der Waals surface area contributed by atoms with Crippen molar-refractivity contribution in [1.82, 2.24) is 0 Å². The maximum absolute atomic E-state index is 12.7. The van der Waals surface area contributed by atoms with Gasteiger partial charge in [0.15, 0.2) is 6.10 Å². The first-order valence-electron chi connectivity index (χ1n) is 22.3. The molecule has 57 heavy (non-hydrogen) atoms. The lowest BCUT2D eigenvalue weighted by atomic mass is 9.88. The highest BCUT2D eigenvalue weighted by Gasteiger charge is 2.39. The zero-order valence-corrected chi connectivity index (χ0v) is 37.3. The van der Waals surface area contributed by atoms with Gasteiger partial charge >= 0.3 is 19.8 Å². The molecule has 0 aromatic rings. The number of aliphatic hydroxyl groups excluding tert-OH is 3. The smallest absolute Gasteiger partial charge is 0.462 e. The Bertz CT molecular complexity index is 1140. The summed E-state index contributed by atoms with van der Waals surface area (Å²) in [7, 11) is 1.35. The topological polar surface area (TPSA) is 169 Å². The van der Waals surface area contributed by atoms with Gasteiger partial charge in [-0.2, -0.15) is 0 Å². The summed E-state index contributed by atoms with van der Waals surface area (Å²) >= 11 is 0. The minimum absolute atomic E-state index is 0.00377. The van der Waals surface area contributed by atoms with Crippen molar-refractivity contribution in [1.29, 1.82) is 0 Å². The fourth-order valence-corrected chi connectivity index (χ4v) is 7.73. The second-order valence-electron chi connectivity index (χ2n) is 17.0. The van der Waals surface area contributed by atoms with Gasteiger partial charge in [0.2, 0.25) is 0 Å². The average molecular weight is 833 g/mol. The van der Waals surface area contributed by atoms with Gasteiger partial charge in [0.1, 0.15) is 19.8 Å². The molecule has 12 nitrogen and oxygen atoms in total. The first-order chi connectivity index (χ1) is 27.2. The summed E-state index contributed by atoms with van der Waals surface area (Å²) < 4.78 is 34.3. The molecule has 0 heterocycles. The fraction of sp³-hybridized carbons (Fsp3) is 0.864. The number of phosphoric ester groups is 1. The lowest BCUT2D eigenvalue weighted by Gasteiger charge is -2.24. The summed E-state index contributed by atoms with van der Waals surface area (Å²) in [5, 5.41) is 31.4. The van der Waals surface area contributed by atoms with E-state index in [0.29, 0.717) is 36.7 Å². The van der Waals surface area contributed by atoms with Crippen LogP contribution < -0.4 is 0 Å². The molecule has 0 spiro atoms. The molecule has 0 amide bonds. The van der Waals surface area contributed by atoms with E-state index in [2.05, 4.69) is 26.0 Å². The van der Waals surface area contributed by atoms with Crippen molar-refractivity contribution in [2.45, 2.75) is 186 Å². The second kappa shape index (κ2) is 32.2. The zero-order chi connectivity index (χ0) is 42.4. The summed E-state index contributed by atoms with van der Waals surface area (Å²) in [5.74, 6) is -1.22. The highest BCUT2D eigenvalue weighted by molar-refractivity contribution is 7.47. The molecule has 4 N–H and O–H groups in total. The quantitative estimate of drug-likeness (QED) is 0.0157. The van der Waals surface area contributed by atoms with Crippen LogP contribution in [0.15, 0.2) is 24.3 Å². The number of hydrogen-bond donors (Lipinski definition) is 4. The van der Waals surface area contributed by atoms with Crippen molar-refractivity contribution in [2.24, 2.45) is 11.8 Å². The summed E-state index contributed by atoms with van der Waals surface area (Å²) in [4.78, 5) is 35.5. The molecule has 0 aliphatic heterocycles. The van der Waals surface area contributed by atoms with Crippen LogP contribution in [0.3, 0.4) is 0 Å². The van der Waals surface area contributed by atoms with Gasteiger partial charge in [-0.1, -0.05) is 115 Å². The molecule has 1 unspecified atom stereocenters. The lowest BCUT2D eigenvalue weighted by Crippen LogP contribution is -2.37. The molecule has 1 aliphatic rings. The molecule has 7 atom stereocenters. The van der Waals surface area contributed by atoms with Crippen molar-refractivity contribution >= 4 is 19.8 Å². The third-order valence-electron chi connectivity index (χ3n) is 10.6. The van der Waals surface area contributed by atoms with E-state index >= 15 is 0 Å². The number of rotatable bonds is 36. The normalized spacial score (nSPS) is 20.9. The van der Waals surface area contributed by atoms with Crippen LogP contribution in [0.25, 0.3) is 0 Å². The van der Waals surface area contributed by atoms with Crippen molar-refractivity contribution in [3.63, 3.8) is 0 Å². The Labute approximate surface area is 346 Å². The van der Waals surface area contributed by atoms with Gasteiger partial charge in [-0.05, 0) is 57.3 Å². The largest absolute Gasteiger partial charge is 0.472 e. The molecule has 13 heteroatoms. The average Bonchev–Trinajstić information content (AvgIpc) is 3.41. The van der Waals surface area contributed by atoms with Crippen LogP contribution in [0.4, 0.5) is 0 Å². The van der Waals surface area contributed by atoms with Gasteiger partial charge in [0.25, 0.3) is 0 Å². The van der Waals surface area contributed by atoms with E-state index in [4.69, 9.17) is 18.5 Å². The van der Waals surface area contributed by atoms with E-state index in [-0.39, 0.29) is 37.9 Å². The van der Waals surface area contributed by atoms with E-state index < -0.39 is 50.8 Å². The van der Waals surface area contributed by atoms with Gasteiger partial charge in [-0.15, -0.1) is 0 Å². The maximum atomic E-state index is 12.7. The molecule has 1 aliphatic carbocycles. The SMILES string of the molecule is CCCCCC/C=C\CCCCCCCC(=O)O[C@H](COC(=O)CCCCCC[C@@H]1[C@@H](/C=C/[C@@H](O)CCCCC)[C@H](O)C[C@@H]1O)COP(=O)(O)OCC[N+](C)(C)C. The van der Waals surface area contributed by atoms with Crippen molar-refractivity contribution in [3.05, 3.63) is 24.3 Å². The number of aliphatic hydroxyl groups is 3. The summed E-state index contributed by atoms with van der Waals surface area (Å²) in [6.07, 6.45) is 25.8. The standard InChI is InChI=1S/C44H82NO11P/c1-6-8-10-11-12-13-14-15-16-17-18-19-25-29-44(50)56-38(36-55-57(51,52)54-33-32-45(3,4)5)35-53-43(49)28-24-21-20-23-27-39-40(42(48)34-41(39)47)31-30-37(46)26-22-9-7-2/h13-14,30-31,37-42,46-48H,6-12,15-29,32-36H2,1-5H3/p+1/b14-13-,31-30+/t37-,38+,39+,40+,41-,42+/m0/s1. The Morgan fingerprint density at radius 1 is 0.754 bits per heavy atom. The number of esters is 2. The number of hydrogen-bond acceptors (Lipinski definition) is 10. The van der Waals surface area contributed by atoms with Crippen LogP contribution in [0.1, 0.15) is 162 Å². The molecular formula is C44H83NO11P+. The third-order valence-corrected chi connectivity index (χ3v) is 11.5. The summed E-state index contributed by atoms with van der Waals surface area (Å²) in [6.45, 7) is 4.05. The molecule has 1 rings (SSSR count). The lowest BCUT2D eigenvalue weighted by molar-refractivity contribution is -0.870. The van der Waals surface area contributed by atoms with E-state index in [1.807, 2.05) is 27.2 Å². The molecule has 0 bridgehead atoms. The van der Waals surface area contributed by atoms with Gasteiger partial charge in [0, 0.05) is 25.2 Å². The molecule has 0 aromatic heterocycles. The Balaban J connectivity index is 2.48. The Morgan fingerprint density at radius 2 is 1.33 bits per heavy atom. The van der Waals surface area contributed by atoms with Gasteiger partial charge < -0.3 is 34.2 Å². The van der Waals surface area contributed by atoms with Crippen molar-refractivity contribution in [2.75, 3.05) is 47.5 Å². The first-order valence-corrected chi connectivity index (χ1v) is 23.8. The van der Waals surface area contributed by atoms with E-state index in [1.54, 1.807) is 6.08 Å². The number of carbonyl (C=O) groups excluding carboxylic acids is 2. The number of allylic oxidation sites excluding steroid dienone is 2. The third kappa shape index (κ3) is 29.3. The molecule has 0 saturated heterocycles. The van der Waals surface area contributed by atoms with Crippen molar-refractivity contribution in [3.8, 4) is 0 Å². The molecule has 0 aromatic carbocycles.